The third kappa shape index (κ3) is 4.06. The Bertz CT molecular complexity index is 564. The standard InChI is InChI=1S/C15H26N2O2S2/c1-11(2)14-5-6-17(9-14)21(18,19)15-7-13(10-20-15)8-16-12(3)4/h7,10-12,14,16H,5-6,8-9H2,1-4H3. The molecule has 21 heavy (non-hydrogen) atoms. The van der Waals surface area contributed by atoms with Gasteiger partial charge in [-0.15, -0.1) is 11.3 Å². The summed E-state index contributed by atoms with van der Waals surface area (Å²) in [5.41, 5.74) is 1.05. The van der Waals surface area contributed by atoms with Gasteiger partial charge < -0.3 is 5.32 Å². The highest BCUT2D eigenvalue weighted by molar-refractivity contribution is 7.91. The van der Waals surface area contributed by atoms with Crippen LogP contribution >= 0.6 is 11.3 Å². The van der Waals surface area contributed by atoms with Gasteiger partial charge in [0.05, 0.1) is 0 Å². The summed E-state index contributed by atoms with van der Waals surface area (Å²) in [6, 6.07) is 2.22. The minimum absolute atomic E-state index is 0.398. The molecule has 2 rings (SSSR count). The molecule has 0 bridgehead atoms. The maximum absolute atomic E-state index is 12.7. The van der Waals surface area contributed by atoms with E-state index in [1.54, 1.807) is 4.31 Å². The Morgan fingerprint density at radius 2 is 2.10 bits per heavy atom. The van der Waals surface area contributed by atoms with E-state index in [2.05, 4.69) is 33.0 Å². The summed E-state index contributed by atoms with van der Waals surface area (Å²) >= 11 is 1.33. The Balaban J connectivity index is 2.06. The Labute approximate surface area is 132 Å². The lowest BCUT2D eigenvalue weighted by atomic mass is 9.96. The zero-order chi connectivity index (χ0) is 15.6. The van der Waals surface area contributed by atoms with Gasteiger partial charge in [-0.25, -0.2) is 8.42 Å². The van der Waals surface area contributed by atoms with Crippen LogP contribution in [0.1, 0.15) is 39.7 Å². The van der Waals surface area contributed by atoms with Gasteiger partial charge in [0.15, 0.2) is 0 Å². The van der Waals surface area contributed by atoms with Crippen LogP contribution in [0, 0.1) is 11.8 Å². The van der Waals surface area contributed by atoms with Crippen molar-refractivity contribution in [2.45, 2.75) is 50.9 Å². The van der Waals surface area contributed by atoms with Crippen LogP contribution < -0.4 is 5.32 Å². The van der Waals surface area contributed by atoms with Crippen molar-refractivity contribution in [3.8, 4) is 0 Å². The lowest BCUT2D eigenvalue weighted by Gasteiger charge is -2.17. The summed E-state index contributed by atoms with van der Waals surface area (Å²) in [6.45, 7) is 10.5. The molecule has 0 amide bonds. The average Bonchev–Trinajstić information content (AvgIpc) is 3.06. The summed E-state index contributed by atoms with van der Waals surface area (Å²) in [4.78, 5) is 0. The second-order valence-electron chi connectivity index (χ2n) is 6.47. The van der Waals surface area contributed by atoms with Crippen molar-refractivity contribution in [1.82, 2.24) is 9.62 Å². The van der Waals surface area contributed by atoms with Gasteiger partial charge in [-0.1, -0.05) is 27.7 Å². The molecule has 1 unspecified atom stereocenters. The van der Waals surface area contributed by atoms with Crippen LogP contribution in [-0.4, -0.2) is 31.9 Å². The predicted molar refractivity (Wildman–Crippen MR) is 88.0 cm³/mol. The SMILES string of the molecule is CC(C)NCc1csc(S(=O)(=O)N2CCC(C(C)C)C2)c1. The minimum Gasteiger partial charge on any atom is -0.310 e. The molecule has 6 heteroatoms. The Morgan fingerprint density at radius 1 is 1.38 bits per heavy atom. The van der Waals surface area contributed by atoms with E-state index in [1.165, 1.54) is 11.3 Å². The van der Waals surface area contributed by atoms with Crippen LogP contribution in [0.25, 0.3) is 0 Å². The lowest BCUT2D eigenvalue weighted by molar-refractivity contribution is 0.389. The largest absolute Gasteiger partial charge is 0.310 e. The number of nitrogens with zero attached hydrogens (tertiary/aromatic N) is 1. The normalized spacial score (nSPS) is 20.8. The number of sulfonamides is 1. The molecule has 0 aromatic carbocycles. The monoisotopic (exact) mass is 330 g/mol. The fourth-order valence-corrected chi connectivity index (χ4v) is 5.42. The van der Waals surface area contributed by atoms with Crippen LogP contribution in [-0.2, 0) is 16.6 Å². The molecule has 0 spiro atoms. The van der Waals surface area contributed by atoms with Crippen molar-refractivity contribution in [2.24, 2.45) is 11.8 Å². The fourth-order valence-electron chi connectivity index (χ4n) is 2.55. The molecule has 0 radical (unpaired) electrons. The summed E-state index contributed by atoms with van der Waals surface area (Å²) in [5, 5.41) is 5.26. The average molecular weight is 331 g/mol. The second kappa shape index (κ2) is 6.77. The zero-order valence-corrected chi connectivity index (χ0v) is 14.9. The van der Waals surface area contributed by atoms with Gasteiger partial charge in [-0.3, -0.25) is 0 Å². The number of nitrogens with one attached hydrogen (secondary N) is 1. The van der Waals surface area contributed by atoms with E-state index in [1.807, 2.05) is 11.4 Å². The van der Waals surface area contributed by atoms with E-state index in [-0.39, 0.29) is 0 Å². The highest BCUT2D eigenvalue weighted by Gasteiger charge is 2.34. The molecule has 2 heterocycles. The lowest BCUT2D eigenvalue weighted by Crippen LogP contribution is -2.29. The van der Waals surface area contributed by atoms with Crippen LogP contribution in [0.5, 0.6) is 0 Å². The van der Waals surface area contributed by atoms with E-state index in [0.29, 0.717) is 35.2 Å². The number of rotatable bonds is 6. The van der Waals surface area contributed by atoms with Crippen LogP contribution in [0.15, 0.2) is 15.7 Å². The van der Waals surface area contributed by atoms with Crippen molar-refractivity contribution in [1.29, 1.82) is 0 Å². The Kier molecular flexibility index (Phi) is 5.46. The quantitative estimate of drug-likeness (QED) is 0.872. The molecule has 4 nitrogen and oxygen atoms in total. The van der Waals surface area contributed by atoms with Gasteiger partial charge in [0.25, 0.3) is 10.0 Å². The van der Waals surface area contributed by atoms with E-state index < -0.39 is 10.0 Å². The van der Waals surface area contributed by atoms with Gasteiger partial charge in [0.1, 0.15) is 4.21 Å². The van der Waals surface area contributed by atoms with Gasteiger partial charge in [0.2, 0.25) is 0 Å². The molecule has 1 saturated heterocycles. The van der Waals surface area contributed by atoms with Crippen molar-refractivity contribution in [3.63, 3.8) is 0 Å². The van der Waals surface area contributed by atoms with Crippen molar-refractivity contribution < 1.29 is 8.42 Å². The predicted octanol–water partition coefficient (Wildman–Crippen LogP) is 2.91. The third-order valence-corrected chi connectivity index (χ3v) is 7.40. The molecule has 1 aromatic heterocycles. The first kappa shape index (κ1) is 16.9. The second-order valence-corrected chi connectivity index (χ2v) is 9.54. The molecule has 0 saturated carbocycles. The molecule has 1 N–H and O–H groups in total. The summed E-state index contributed by atoms with van der Waals surface area (Å²) in [7, 11) is -3.30. The fraction of sp³-hybridized carbons (Fsp3) is 0.733. The summed E-state index contributed by atoms with van der Waals surface area (Å²) in [6.07, 6.45) is 0.976. The van der Waals surface area contributed by atoms with E-state index in [4.69, 9.17) is 0 Å². The zero-order valence-electron chi connectivity index (χ0n) is 13.3. The van der Waals surface area contributed by atoms with E-state index >= 15 is 0 Å². The van der Waals surface area contributed by atoms with E-state index in [9.17, 15) is 8.42 Å². The number of thiophene rings is 1. The van der Waals surface area contributed by atoms with Crippen molar-refractivity contribution >= 4 is 21.4 Å². The molecule has 1 aliphatic rings. The van der Waals surface area contributed by atoms with Crippen LogP contribution in [0.2, 0.25) is 0 Å². The third-order valence-electron chi connectivity index (χ3n) is 4.07. The van der Waals surface area contributed by atoms with Crippen molar-refractivity contribution in [2.75, 3.05) is 13.1 Å². The smallest absolute Gasteiger partial charge is 0.252 e. The minimum atomic E-state index is -3.30. The summed E-state index contributed by atoms with van der Waals surface area (Å²) in [5.74, 6) is 1.03. The molecule has 0 aliphatic carbocycles. The molecule has 1 atom stereocenters. The maximum atomic E-state index is 12.7. The number of hydrogen-bond donors (Lipinski definition) is 1. The Morgan fingerprint density at radius 3 is 2.67 bits per heavy atom. The van der Waals surface area contributed by atoms with Crippen LogP contribution in [0.4, 0.5) is 0 Å². The van der Waals surface area contributed by atoms with Gasteiger partial charge in [-0.2, -0.15) is 4.31 Å². The molecule has 1 aliphatic heterocycles. The highest BCUT2D eigenvalue weighted by atomic mass is 32.2. The highest BCUT2D eigenvalue weighted by Crippen LogP contribution is 2.31. The first-order valence-electron chi connectivity index (χ1n) is 7.61. The molecule has 1 fully saturated rings. The summed E-state index contributed by atoms with van der Waals surface area (Å²) < 4.78 is 27.5. The molecule has 1 aromatic rings. The van der Waals surface area contributed by atoms with Crippen LogP contribution in [0.3, 0.4) is 0 Å². The van der Waals surface area contributed by atoms with E-state index in [0.717, 1.165) is 18.5 Å². The molecule has 120 valence electrons. The van der Waals surface area contributed by atoms with Crippen molar-refractivity contribution in [3.05, 3.63) is 17.0 Å². The van der Waals surface area contributed by atoms with Gasteiger partial charge >= 0.3 is 0 Å². The van der Waals surface area contributed by atoms with Gasteiger partial charge in [0, 0.05) is 25.7 Å². The number of hydrogen-bond acceptors (Lipinski definition) is 4. The maximum Gasteiger partial charge on any atom is 0.252 e. The van der Waals surface area contributed by atoms with Gasteiger partial charge in [-0.05, 0) is 35.3 Å². The molecular weight excluding hydrogens is 304 g/mol. The first-order chi connectivity index (χ1) is 9.80. The molecular formula is C15H26N2O2S2. The Hall–Kier alpha value is -0.430. The topological polar surface area (TPSA) is 49.4 Å². The first-order valence-corrected chi connectivity index (χ1v) is 9.93.